The quantitative estimate of drug-likeness (QED) is 0.581. The molecule has 162 valence electrons. The number of hydrogen-bond donors (Lipinski definition) is 3. The first kappa shape index (κ1) is 20.5. The Morgan fingerprint density at radius 2 is 1.88 bits per heavy atom. The van der Waals surface area contributed by atoms with Crippen molar-refractivity contribution in [3.05, 3.63) is 89.2 Å². The van der Waals surface area contributed by atoms with Gasteiger partial charge in [0.2, 0.25) is 0 Å². The van der Waals surface area contributed by atoms with Crippen LogP contribution in [-0.2, 0) is 11.2 Å². The van der Waals surface area contributed by atoms with Crippen LogP contribution in [0.1, 0.15) is 28.2 Å². The molecule has 7 nitrogen and oxygen atoms in total. The van der Waals surface area contributed by atoms with E-state index in [0.29, 0.717) is 28.2 Å². The van der Waals surface area contributed by atoms with Crippen LogP contribution in [0.3, 0.4) is 0 Å². The average molecular weight is 429 g/mol. The standard InChI is InChI=1S/C25H23N3O4/c1-31-19-13-28-14-20-22(19)24(30)23(29)18(12-27)21(16-5-3-2-4-6-16)25(24,32-20)17-9-7-15(11-26)8-10-17/h2-10,13-14,18,21,23,29-30H,12,27H2,1H3/t18-,21-,23-,24+,25+/m1/s1. The van der Waals surface area contributed by atoms with Gasteiger partial charge >= 0.3 is 0 Å². The molecule has 0 unspecified atom stereocenters. The maximum absolute atomic E-state index is 12.4. The lowest BCUT2D eigenvalue weighted by atomic mass is 9.70. The lowest BCUT2D eigenvalue weighted by Crippen LogP contribution is -2.52. The first-order chi connectivity index (χ1) is 15.5. The summed E-state index contributed by atoms with van der Waals surface area (Å²) in [6.07, 6.45) is 1.77. The lowest BCUT2D eigenvalue weighted by molar-refractivity contribution is -0.152. The smallest absolute Gasteiger partial charge is 0.177 e. The number of methoxy groups -OCH3 is 1. The number of hydrogen-bond acceptors (Lipinski definition) is 7. The molecule has 4 N–H and O–H groups in total. The van der Waals surface area contributed by atoms with Gasteiger partial charge in [-0.15, -0.1) is 0 Å². The van der Waals surface area contributed by atoms with Crippen molar-refractivity contribution in [1.82, 2.24) is 4.98 Å². The van der Waals surface area contributed by atoms with E-state index in [0.717, 1.165) is 5.56 Å². The van der Waals surface area contributed by atoms with E-state index in [1.807, 2.05) is 30.3 Å². The summed E-state index contributed by atoms with van der Waals surface area (Å²) in [6.45, 7) is 0.132. The van der Waals surface area contributed by atoms with Gasteiger partial charge in [0, 0.05) is 11.8 Å². The van der Waals surface area contributed by atoms with E-state index in [2.05, 4.69) is 11.1 Å². The molecule has 5 atom stereocenters. The fraction of sp³-hybridized carbons (Fsp3) is 0.280. The zero-order valence-electron chi connectivity index (χ0n) is 17.5. The second kappa shape index (κ2) is 7.31. The first-order valence-corrected chi connectivity index (χ1v) is 10.4. The molecule has 3 aromatic rings. The molecule has 0 radical (unpaired) electrons. The Labute approximate surface area is 185 Å². The molecule has 0 bridgehead atoms. The van der Waals surface area contributed by atoms with Crippen LogP contribution >= 0.6 is 0 Å². The van der Waals surface area contributed by atoms with Crippen LogP contribution in [0.4, 0.5) is 0 Å². The molecule has 1 aliphatic heterocycles. The van der Waals surface area contributed by atoms with Gasteiger partial charge < -0.3 is 25.4 Å². The number of aromatic nitrogens is 1. The van der Waals surface area contributed by atoms with Crippen molar-refractivity contribution in [1.29, 1.82) is 5.26 Å². The largest absolute Gasteiger partial charge is 0.495 e. The zero-order chi connectivity index (χ0) is 22.5. The van der Waals surface area contributed by atoms with Gasteiger partial charge in [-0.05, 0) is 29.8 Å². The summed E-state index contributed by atoms with van der Waals surface area (Å²) < 4.78 is 12.1. The lowest BCUT2D eigenvalue weighted by Gasteiger charge is -2.41. The highest BCUT2D eigenvalue weighted by Crippen LogP contribution is 2.69. The van der Waals surface area contributed by atoms with Crippen molar-refractivity contribution in [3.8, 4) is 17.6 Å². The molecule has 1 aliphatic carbocycles. The van der Waals surface area contributed by atoms with Crippen LogP contribution < -0.4 is 15.2 Å². The van der Waals surface area contributed by atoms with E-state index >= 15 is 0 Å². The topological polar surface area (TPSA) is 122 Å². The minimum absolute atomic E-state index is 0.132. The molecular weight excluding hydrogens is 406 g/mol. The summed E-state index contributed by atoms with van der Waals surface area (Å²) in [7, 11) is 1.48. The van der Waals surface area contributed by atoms with E-state index in [-0.39, 0.29) is 6.54 Å². The normalized spacial score (nSPS) is 30.2. The van der Waals surface area contributed by atoms with Crippen LogP contribution in [0, 0.1) is 17.2 Å². The van der Waals surface area contributed by atoms with Crippen LogP contribution in [0.5, 0.6) is 11.5 Å². The second-order valence-corrected chi connectivity index (χ2v) is 8.24. The molecule has 1 fully saturated rings. The Morgan fingerprint density at radius 3 is 2.50 bits per heavy atom. The number of ether oxygens (including phenoxy) is 2. The van der Waals surface area contributed by atoms with Crippen LogP contribution in [0.2, 0.25) is 0 Å². The van der Waals surface area contributed by atoms with Gasteiger partial charge in [0.25, 0.3) is 0 Å². The monoisotopic (exact) mass is 429 g/mol. The Morgan fingerprint density at radius 1 is 1.16 bits per heavy atom. The van der Waals surface area contributed by atoms with Crippen LogP contribution in [0.25, 0.3) is 0 Å². The van der Waals surface area contributed by atoms with Crippen molar-refractivity contribution in [3.63, 3.8) is 0 Å². The van der Waals surface area contributed by atoms with E-state index in [9.17, 15) is 15.5 Å². The van der Waals surface area contributed by atoms with Crippen molar-refractivity contribution in [2.24, 2.45) is 11.7 Å². The first-order valence-electron chi connectivity index (χ1n) is 10.4. The van der Waals surface area contributed by atoms with Crippen molar-refractivity contribution in [2.45, 2.75) is 23.2 Å². The fourth-order valence-corrected chi connectivity index (χ4v) is 5.59. The summed E-state index contributed by atoms with van der Waals surface area (Å²) in [5.41, 5.74) is 5.23. The number of rotatable bonds is 4. The summed E-state index contributed by atoms with van der Waals surface area (Å²) in [5, 5.41) is 33.3. The number of fused-ring (bicyclic) bond motifs is 3. The molecule has 2 aromatic carbocycles. The molecule has 2 heterocycles. The maximum Gasteiger partial charge on any atom is 0.177 e. The molecule has 32 heavy (non-hydrogen) atoms. The summed E-state index contributed by atoms with van der Waals surface area (Å²) in [6, 6.07) is 18.6. The number of pyridine rings is 1. The van der Waals surface area contributed by atoms with Crippen LogP contribution in [0.15, 0.2) is 67.0 Å². The van der Waals surface area contributed by atoms with E-state index in [1.165, 1.54) is 19.5 Å². The van der Waals surface area contributed by atoms with Gasteiger partial charge in [0.15, 0.2) is 11.2 Å². The third-order valence-electron chi connectivity index (χ3n) is 6.89. The molecule has 1 aromatic heterocycles. The number of aliphatic hydroxyl groups excluding tert-OH is 1. The molecule has 0 spiro atoms. The molecule has 0 amide bonds. The SMILES string of the molecule is COc1cncc2c1[C@]1(O)[C@H](O)[C@H](CN)[C@@H](c3ccccc3)[C@]1(c1ccc(C#N)cc1)O2. The number of aliphatic hydroxyl groups is 2. The fourth-order valence-electron chi connectivity index (χ4n) is 5.59. The molecule has 1 saturated carbocycles. The number of nitrogens with two attached hydrogens (primary N) is 1. The summed E-state index contributed by atoms with van der Waals surface area (Å²) >= 11 is 0. The Kier molecular flexibility index (Phi) is 4.68. The Balaban J connectivity index is 1.86. The Hall–Kier alpha value is -3.44. The van der Waals surface area contributed by atoms with Gasteiger partial charge in [0.05, 0.1) is 42.8 Å². The molecule has 2 aliphatic rings. The minimum atomic E-state index is -1.87. The summed E-state index contributed by atoms with van der Waals surface area (Å²) in [5.74, 6) is -0.335. The van der Waals surface area contributed by atoms with Gasteiger partial charge in [0.1, 0.15) is 11.5 Å². The highest BCUT2D eigenvalue weighted by molar-refractivity contribution is 5.59. The Bertz CT molecular complexity index is 1190. The van der Waals surface area contributed by atoms with E-state index < -0.39 is 29.1 Å². The predicted molar refractivity (Wildman–Crippen MR) is 116 cm³/mol. The second-order valence-electron chi connectivity index (χ2n) is 8.24. The van der Waals surface area contributed by atoms with E-state index in [4.69, 9.17) is 15.2 Å². The molecule has 5 rings (SSSR count). The predicted octanol–water partition coefficient (Wildman–Crippen LogP) is 2.17. The third kappa shape index (κ3) is 2.43. The molecular formula is C25H23N3O4. The highest BCUT2D eigenvalue weighted by Gasteiger charge is 2.76. The van der Waals surface area contributed by atoms with Crippen molar-refractivity contribution >= 4 is 0 Å². The van der Waals surface area contributed by atoms with Crippen molar-refractivity contribution in [2.75, 3.05) is 13.7 Å². The van der Waals surface area contributed by atoms with E-state index in [1.54, 1.807) is 24.3 Å². The van der Waals surface area contributed by atoms with Gasteiger partial charge in [-0.2, -0.15) is 5.26 Å². The van der Waals surface area contributed by atoms with Gasteiger partial charge in [-0.25, -0.2) is 0 Å². The van der Waals surface area contributed by atoms with Crippen LogP contribution in [-0.4, -0.2) is 35.0 Å². The van der Waals surface area contributed by atoms with Gasteiger partial charge in [-0.1, -0.05) is 42.5 Å². The summed E-state index contributed by atoms with van der Waals surface area (Å²) in [4.78, 5) is 4.19. The zero-order valence-corrected chi connectivity index (χ0v) is 17.5. The minimum Gasteiger partial charge on any atom is -0.495 e. The number of nitrogens with zero attached hydrogens (tertiary/aromatic N) is 2. The maximum atomic E-state index is 12.4. The third-order valence-corrected chi connectivity index (χ3v) is 6.89. The average Bonchev–Trinajstić information content (AvgIpc) is 3.22. The molecule has 7 heteroatoms. The highest BCUT2D eigenvalue weighted by atomic mass is 16.5. The van der Waals surface area contributed by atoms with Gasteiger partial charge in [-0.3, -0.25) is 4.98 Å². The molecule has 0 saturated heterocycles. The number of benzene rings is 2. The van der Waals surface area contributed by atoms with Crippen molar-refractivity contribution < 1.29 is 19.7 Å². The number of nitriles is 1.